The molecule has 3 nitrogen and oxygen atoms in total. The van der Waals surface area contributed by atoms with Gasteiger partial charge in [-0.05, 0) is 45.4 Å². The third kappa shape index (κ3) is 2.92. The predicted molar refractivity (Wildman–Crippen MR) is 61.9 cm³/mol. The van der Waals surface area contributed by atoms with Crippen molar-refractivity contribution in [2.45, 2.75) is 32.3 Å². The van der Waals surface area contributed by atoms with Crippen LogP contribution in [0, 0.1) is 5.92 Å². The maximum atomic E-state index is 10.2. The number of hydrogen-bond donors (Lipinski definition) is 1. The molecule has 15 heavy (non-hydrogen) atoms. The van der Waals surface area contributed by atoms with Crippen LogP contribution in [0.1, 0.15) is 26.2 Å². The van der Waals surface area contributed by atoms with Crippen LogP contribution >= 0.6 is 0 Å². The van der Waals surface area contributed by atoms with Gasteiger partial charge in [-0.2, -0.15) is 0 Å². The van der Waals surface area contributed by atoms with Crippen LogP contribution in [0.5, 0.6) is 0 Å². The molecule has 3 heteroatoms. The normalized spacial score (nSPS) is 31.2. The summed E-state index contributed by atoms with van der Waals surface area (Å²) in [4.78, 5) is 4.86. The molecule has 0 aromatic carbocycles. The second kappa shape index (κ2) is 5.28. The van der Waals surface area contributed by atoms with Crippen LogP contribution in [0.2, 0.25) is 0 Å². The lowest BCUT2D eigenvalue weighted by molar-refractivity contribution is 0.0745. The summed E-state index contributed by atoms with van der Waals surface area (Å²) in [5.74, 6) is 0.519. The Kier molecular flexibility index (Phi) is 4.00. The maximum absolute atomic E-state index is 10.2. The van der Waals surface area contributed by atoms with Gasteiger partial charge in [0.05, 0.1) is 6.10 Å². The molecular weight excluding hydrogens is 188 g/mol. The second-order valence-corrected chi connectivity index (χ2v) is 5.02. The number of β-amino-alcohol motifs (C(OH)–C–C–N with tert-alkyl or cyclic N) is 1. The van der Waals surface area contributed by atoms with Gasteiger partial charge < -0.3 is 14.9 Å². The highest BCUT2D eigenvalue weighted by atomic mass is 16.3. The second-order valence-electron chi connectivity index (χ2n) is 5.02. The Morgan fingerprint density at radius 3 is 2.53 bits per heavy atom. The predicted octanol–water partition coefficient (Wildman–Crippen LogP) is 0.785. The summed E-state index contributed by atoms with van der Waals surface area (Å²) in [6.07, 6.45) is 3.72. The Morgan fingerprint density at radius 2 is 1.93 bits per heavy atom. The molecule has 2 fully saturated rings. The van der Waals surface area contributed by atoms with Gasteiger partial charge in [0.2, 0.25) is 0 Å². The number of nitrogens with zero attached hydrogens (tertiary/aromatic N) is 2. The van der Waals surface area contributed by atoms with Crippen molar-refractivity contribution < 1.29 is 5.11 Å². The zero-order chi connectivity index (χ0) is 10.7. The highest BCUT2D eigenvalue weighted by Gasteiger charge is 2.29. The summed E-state index contributed by atoms with van der Waals surface area (Å²) in [6.45, 7) is 8.91. The van der Waals surface area contributed by atoms with E-state index in [1.807, 2.05) is 0 Å². The lowest BCUT2D eigenvalue weighted by Crippen LogP contribution is -2.36. The van der Waals surface area contributed by atoms with E-state index < -0.39 is 0 Å². The van der Waals surface area contributed by atoms with Crippen LogP contribution in [0.4, 0.5) is 0 Å². The molecular formula is C12H24N2O. The Bertz CT molecular complexity index is 192. The van der Waals surface area contributed by atoms with Crippen LogP contribution in [0.25, 0.3) is 0 Å². The molecule has 0 spiro atoms. The summed E-state index contributed by atoms with van der Waals surface area (Å²) in [5.41, 5.74) is 0. The molecule has 88 valence electrons. The van der Waals surface area contributed by atoms with Crippen molar-refractivity contribution in [2.75, 3.05) is 39.3 Å². The summed E-state index contributed by atoms with van der Waals surface area (Å²) >= 11 is 0. The van der Waals surface area contributed by atoms with Crippen molar-refractivity contribution in [3.05, 3.63) is 0 Å². The number of aliphatic hydroxyl groups is 1. The minimum absolute atomic E-state index is 0.0975. The van der Waals surface area contributed by atoms with Crippen molar-refractivity contribution in [3.63, 3.8) is 0 Å². The zero-order valence-corrected chi connectivity index (χ0v) is 9.86. The summed E-state index contributed by atoms with van der Waals surface area (Å²) in [5, 5.41) is 10.2. The van der Waals surface area contributed by atoms with E-state index in [9.17, 15) is 5.11 Å². The van der Waals surface area contributed by atoms with E-state index >= 15 is 0 Å². The standard InChI is InChI=1S/C12H24N2O/c1-2-13-8-5-11(9-13)12(15)10-14-6-3-4-7-14/h11-12,15H,2-10H2,1H3. The van der Waals surface area contributed by atoms with Gasteiger partial charge in [0.25, 0.3) is 0 Å². The van der Waals surface area contributed by atoms with Crippen LogP contribution in [0.15, 0.2) is 0 Å². The quantitative estimate of drug-likeness (QED) is 0.746. The first-order valence-electron chi connectivity index (χ1n) is 6.42. The molecule has 2 aliphatic rings. The summed E-state index contributed by atoms with van der Waals surface area (Å²) in [7, 11) is 0. The van der Waals surface area contributed by atoms with Gasteiger partial charge in [0, 0.05) is 19.0 Å². The Hall–Kier alpha value is -0.120. The SMILES string of the molecule is CCN1CCC(C(O)CN2CCCC2)C1. The van der Waals surface area contributed by atoms with E-state index in [1.165, 1.54) is 38.9 Å². The van der Waals surface area contributed by atoms with Crippen LogP contribution < -0.4 is 0 Å². The van der Waals surface area contributed by atoms with E-state index in [0.29, 0.717) is 5.92 Å². The lowest BCUT2D eigenvalue weighted by Gasteiger charge is -2.24. The van der Waals surface area contributed by atoms with Gasteiger partial charge in [-0.25, -0.2) is 0 Å². The third-order valence-corrected chi connectivity index (χ3v) is 3.94. The highest BCUT2D eigenvalue weighted by Crippen LogP contribution is 2.21. The fourth-order valence-corrected chi connectivity index (χ4v) is 2.84. The Labute approximate surface area is 93.1 Å². The average molecular weight is 212 g/mol. The minimum atomic E-state index is -0.0975. The van der Waals surface area contributed by atoms with Gasteiger partial charge in [-0.1, -0.05) is 6.92 Å². The zero-order valence-electron chi connectivity index (χ0n) is 9.86. The van der Waals surface area contributed by atoms with Crippen LogP contribution in [-0.4, -0.2) is 60.3 Å². The monoisotopic (exact) mass is 212 g/mol. The molecule has 0 saturated carbocycles. The molecule has 2 rings (SSSR count). The average Bonchev–Trinajstić information content (AvgIpc) is 2.86. The molecule has 2 aliphatic heterocycles. The number of hydrogen-bond acceptors (Lipinski definition) is 3. The van der Waals surface area contributed by atoms with E-state index in [2.05, 4.69) is 16.7 Å². The third-order valence-electron chi connectivity index (χ3n) is 3.94. The number of aliphatic hydroxyl groups excluding tert-OH is 1. The van der Waals surface area contributed by atoms with E-state index in [-0.39, 0.29) is 6.10 Å². The molecule has 0 aromatic heterocycles. The largest absolute Gasteiger partial charge is 0.391 e. The van der Waals surface area contributed by atoms with Crippen molar-refractivity contribution in [1.82, 2.24) is 9.80 Å². The Balaban J connectivity index is 1.73. The molecule has 2 saturated heterocycles. The minimum Gasteiger partial charge on any atom is -0.391 e. The van der Waals surface area contributed by atoms with Gasteiger partial charge in [-0.3, -0.25) is 0 Å². The fourth-order valence-electron chi connectivity index (χ4n) is 2.84. The van der Waals surface area contributed by atoms with Crippen molar-refractivity contribution >= 4 is 0 Å². The molecule has 2 heterocycles. The first kappa shape index (κ1) is 11.4. The first-order chi connectivity index (χ1) is 7.29. The van der Waals surface area contributed by atoms with Crippen LogP contribution in [0.3, 0.4) is 0 Å². The van der Waals surface area contributed by atoms with Gasteiger partial charge in [0.1, 0.15) is 0 Å². The van der Waals surface area contributed by atoms with Gasteiger partial charge >= 0.3 is 0 Å². The Morgan fingerprint density at radius 1 is 1.20 bits per heavy atom. The summed E-state index contributed by atoms with van der Waals surface area (Å²) in [6, 6.07) is 0. The lowest BCUT2D eigenvalue weighted by atomic mass is 10.0. The molecule has 2 unspecified atom stereocenters. The van der Waals surface area contributed by atoms with Crippen molar-refractivity contribution in [2.24, 2.45) is 5.92 Å². The molecule has 1 N–H and O–H groups in total. The number of rotatable bonds is 4. The molecule has 0 radical (unpaired) electrons. The topological polar surface area (TPSA) is 26.7 Å². The fraction of sp³-hybridized carbons (Fsp3) is 1.00. The first-order valence-corrected chi connectivity index (χ1v) is 6.42. The maximum Gasteiger partial charge on any atom is 0.0707 e. The summed E-state index contributed by atoms with van der Waals surface area (Å²) < 4.78 is 0. The van der Waals surface area contributed by atoms with Crippen molar-refractivity contribution in [3.8, 4) is 0 Å². The van der Waals surface area contributed by atoms with Crippen molar-refractivity contribution in [1.29, 1.82) is 0 Å². The van der Waals surface area contributed by atoms with E-state index in [1.54, 1.807) is 0 Å². The molecule has 0 bridgehead atoms. The number of likely N-dealkylation sites (tertiary alicyclic amines) is 2. The highest BCUT2D eigenvalue weighted by molar-refractivity contribution is 4.82. The van der Waals surface area contributed by atoms with Gasteiger partial charge in [0.15, 0.2) is 0 Å². The molecule has 0 amide bonds. The van der Waals surface area contributed by atoms with E-state index in [0.717, 1.165) is 19.6 Å². The van der Waals surface area contributed by atoms with Gasteiger partial charge in [-0.15, -0.1) is 0 Å². The van der Waals surface area contributed by atoms with E-state index in [4.69, 9.17) is 0 Å². The molecule has 0 aromatic rings. The van der Waals surface area contributed by atoms with Crippen LogP contribution in [-0.2, 0) is 0 Å². The molecule has 0 aliphatic carbocycles. The molecule has 2 atom stereocenters. The smallest absolute Gasteiger partial charge is 0.0707 e.